The Kier molecular flexibility index (Phi) is 8.06. The smallest absolute Gasteiger partial charge is 0.238 e. The van der Waals surface area contributed by atoms with Crippen molar-refractivity contribution in [2.45, 2.75) is 38.0 Å². The van der Waals surface area contributed by atoms with Gasteiger partial charge in [-0.1, -0.05) is 102 Å². The van der Waals surface area contributed by atoms with Gasteiger partial charge in [-0.25, -0.2) is 4.90 Å². The largest absolute Gasteiger partial charge is 0.504 e. The molecular formula is C43H36ClNO6. The number of para-hydroxylation sites is 1. The van der Waals surface area contributed by atoms with E-state index in [0.717, 1.165) is 11.1 Å². The molecule has 1 heterocycles. The summed E-state index contributed by atoms with van der Waals surface area (Å²) in [6.45, 7) is 3.98. The van der Waals surface area contributed by atoms with Gasteiger partial charge in [-0.2, -0.15) is 0 Å². The highest BCUT2D eigenvalue weighted by Crippen LogP contribution is 2.65. The van der Waals surface area contributed by atoms with Crippen LogP contribution in [0.1, 0.15) is 47.9 Å². The van der Waals surface area contributed by atoms with Gasteiger partial charge >= 0.3 is 0 Å². The summed E-state index contributed by atoms with van der Waals surface area (Å²) in [6.07, 6.45) is 3.88. The van der Waals surface area contributed by atoms with Crippen LogP contribution in [0.15, 0.2) is 115 Å². The molecule has 8 heteroatoms. The number of ether oxygens (including phenoxy) is 1. The second-order valence-electron chi connectivity index (χ2n) is 13.9. The summed E-state index contributed by atoms with van der Waals surface area (Å²) < 4.78 is 5.83. The SMILES string of the molecule is CCOc1cccc([C@H]2C3=CC[C@@H]4C(=O)N(c5ccc(C)c(Cl)c5)C(=O)[C@@H]4[C@@H]3C[C@H]3C(=O)C(c4ccccc4)=CC(=O)[C@@]23c2ccccc2)c1O. The number of nitrogens with zero attached hydrogens (tertiary/aromatic N) is 1. The van der Waals surface area contributed by atoms with Crippen LogP contribution in [0.5, 0.6) is 11.5 Å². The van der Waals surface area contributed by atoms with Crippen LogP contribution in [0.2, 0.25) is 5.02 Å². The van der Waals surface area contributed by atoms with Gasteiger partial charge in [0, 0.05) is 28.0 Å². The molecule has 51 heavy (non-hydrogen) atoms. The number of carbonyl (C=O) groups excluding carboxylic acids is 4. The number of benzene rings is 4. The molecule has 1 N–H and O–H groups in total. The summed E-state index contributed by atoms with van der Waals surface area (Å²) in [5.41, 5.74) is 2.57. The number of amides is 2. The Labute approximate surface area is 301 Å². The lowest BCUT2D eigenvalue weighted by Gasteiger charge is -2.55. The van der Waals surface area contributed by atoms with E-state index in [1.54, 1.807) is 36.4 Å². The van der Waals surface area contributed by atoms with Gasteiger partial charge in [0.1, 0.15) is 0 Å². The zero-order chi connectivity index (χ0) is 35.6. The number of Topliss-reactive ketones (excluding diaryl/α,β-unsaturated/α-hetero) is 1. The first-order chi connectivity index (χ1) is 24.7. The maximum absolute atomic E-state index is 15.2. The lowest BCUT2D eigenvalue weighted by molar-refractivity contribution is -0.135. The minimum absolute atomic E-state index is 0.120. The number of aromatic hydroxyl groups is 1. The van der Waals surface area contributed by atoms with Gasteiger partial charge in [-0.3, -0.25) is 19.2 Å². The van der Waals surface area contributed by atoms with Gasteiger partial charge in [0.2, 0.25) is 11.8 Å². The first-order valence-corrected chi connectivity index (χ1v) is 17.8. The third-order valence-corrected chi connectivity index (χ3v) is 11.8. The number of allylic oxidation sites excluding steroid dienone is 4. The van der Waals surface area contributed by atoms with Crippen LogP contribution in [0, 0.1) is 30.6 Å². The zero-order valence-corrected chi connectivity index (χ0v) is 29.0. The Bertz CT molecular complexity index is 2180. The van der Waals surface area contributed by atoms with Crippen LogP contribution < -0.4 is 9.64 Å². The van der Waals surface area contributed by atoms with E-state index in [1.807, 2.05) is 80.6 Å². The number of carbonyl (C=O) groups is 4. The molecule has 1 aliphatic heterocycles. The van der Waals surface area contributed by atoms with Crippen LogP contribution in [-0.2, 0) is 24.6 Å². The molecule has 4 aliphatic rings. The van der Waals surface area contributed by atoms with Gasteiger partial charge in [0.25, 0.3) is 0 Å². The van der Waals surface area contributed by atoms with E-state index in [1.165, 1.54) is 11.0 Å². The number of hydrogen-bond acceptors (Lipinski definition) is 6. The number of aryl methyl sites for hydroxylation is 1. The highest BCUT2D eigenvalue weighted by Gasteiger charge is 2.66. The average molecular weight is 698 g/mol. The Hall–Kier alpha value is -5.27. The Morgan fingerprint density at radius 3 is 2.31 bits per heavy atom. The number of ketones is 2. The molecule has 8 rings (SSSR count). The fourth-order valence-electron chi connectivity index (χ4n) is 9.24. The van der Waals surface area contributed by atoms with Crippen molar-refractivity contribution in [2.24, 2.45) is 23.7 Å². The van der Waals surface area contributed by atoms with E-state index in [-0.39, 0.29) is 47.7 Å². The number of fused-ring (bicyclic) bond motifs is 4. The molecule has 3 aliphatic carbocycles. The number of phenols is 1. The van der Waals surface area contributed by atoms with Gasteiger partial charge in [0.15, 0.2) is 23.1 Å². The molecule has 1 saturated carbocycles. The first-order valence-electron chi connectivity index (χ1n) is 17.4. The molecule has 6 atom stereocenters. The van der Waals surface area contributed by atoms with Crippen molar-refractivity contribution in [3.05, 3.63) is 142 Å². The van der Waals surface area contributed by atoms with Crippen molar-refractivity contribution in [1.82, 2.24) is 0 Å². The lowest BCUT2D eigenvalue weighted by Crippen LogP contribution is -2.58. The van der Waals surface area contributed by atoms with Gasteiger partial charge in [-0.05, 0) is 73.6 Å². The molecule has 4 aromatic rings. The normalized spacial score (nSPS) is 27.0. The molecule has 7 nitrogen and oxygen atoms in total. The minimum Gasteiger partial charge on any atom is -0.504 e. The summed E-state index contributed by atoms with van der Waals surface area (Å²) in [5, 5.41) is 12.4. The minimum atomic E-state index is -1.45. The number of imide groups is 1. The molecule has 256 valence electrons. The van der Waals surface area contributed by atoms with Crippen molar-refractivity contribution in [2.75, 3.05) is 11.5 Å². The predicted molar refractivity (Wildman–Crippen MR) is 195 cm³/mol. The number of anilines is 1. The monoisotopic (exact) mass is 697 g/mol. The third-order valence-electron chi connectivity index (χ3n) is 11.4. The van der Waals surface area contributed by atoms with Crippen LogP contribution in [0.25, 0.3) is 5.57 Å². The van der Waals surface area contributed by atoms with E-state index < -0.39 is 35.0 Å². The van der Waals surface area contributed by atoms with Crippen molar-refractivity contribution in [1.29, 1.82) is 0 Å². The maximum atomic E-state index is 15.2. The number of halogens is 1. The second-order valence-corrected chi connectivity index (χ2v) is 14.3. The predicted octanol–water partition coefficient (Wildman–Crippen LogP) is 7.78. The Morgan fingerprint density at radius 2 is 1.61 bits per heavy atom. The van der Waals surface area contributed by atoms with Gasteiger partial charge in [0.05, 0.1) is 29.5 Å². The summed E-state index contributed by atoms with van der Waals surface area (Å²) in [7, 11) is 0. The molecule has 2 amide bonds. The number of hydrogen-bond donors (Lipinski definition) is 1. The summed E-state index contributed by atoms with van der Waals surface area (Å²) in [4.78, 5) is 60.2. The fraction of sp³-hybridized carbons (Fsp3) is 0.256. The topological polar surface area (TPSA) is 101 Å². The second kappa shape index (κ2) is 12.5. The fourth-order valence-corrected chi connectivity index (χ4v) is 9.41. The highest BCUT2D eigenvalue weighted by atomic mass is 35.5. The Balaban J connectivity index is 1.37. The lowest BCUT2D eigenvalue weighted by atomic mass is 9.44. The van der Waals surface area contributed by atoms with E-state index >= 15 is 9.59 Å². The first kappa shape index (κ1) is 32.9. The summed E-state index contributed by atoms with van der Waals surface area (Å²) in [5.74, 6) is -4.76. The molecule has 0 aromatic heterocycles. The molecule has 0 spiro atoms. The molecule has 2 fully saturated rings. The number of phenolic OH excluding ortho intramolecular Hbond substituents is 1. The van der Waals surface area contributed by atoms with Crippen LogP contribution >= 0.6 is 11.6 Å². The summed E-state index contributed by atoms with van der Waals surface area (Å²) >= 11 is 6.46. The molecule has 1 saturated heterocycles. The molecular weight excluding hydrogens is 662 g/mol. The molecule has 0 bridgehead atoms. The summed E-state index contributed by atoms with van der Waals surface area (Å²) in [6, 6.07) is 28.8. The zero-order valence-electron chi connectivity index (χ0n) is 28.2. The van der Waals surface area contributed by atoms with Crippen molar-refractivity contribution < 1.29 is 29.0 Å². The van der Waals surface area contributed by atoms with Crippen LogP contribution in [0.4, 0.5) is 5.69 Å². The Morgan fingerprint density at radius 1 is 0.882 bits per heavy atom. The highest BCUT2D eigenvalue weighted by molar-refractivity contribution is 6.33. The van der Waals surface area contributed by atoms with E-state index in [4.69, 9.17) is 16.3 Å². The quantitative estimate of drug-likeness (QED) is 0.163. The van der Waals surface area contributed by atoms with E-state index in [9.17, 15) is 14.7 Å². The van der Waals surface area contributed by atoms with Crippen LogP contribution in [0.3, 0.4) is 0 Å². The molecule has 4 aromatic carbocycles. The van der Waals surface area contributed by atoms with Gasteiger partial charge < -0.3 is 9.84 Å². The van der Waals surface area contributed by atoms with Crippen LogP contribution in [-0.4, -0.2) is 35.1 Å². The number of rotatable bonds is 6. The third kappa shape index (κ3) is 4.85. The molecule has 0 radical (unpaired) electrons. The standard InChI is InChI=1S/C43H36ClNO6/c1-3-51-35-16-10-15-30(40(35)48)38-28-19-20-29-37(42(50)45(41(29)49)27-18-17-24(2)34(44)21-27)32(28)22-33-39(47)31(25-11-6-4-7-12-25)23-36(46)43(33,38)26-13-8-5-9-14-26/h4-19,21,23,29,32-33,37-38,48H,3,20,22H2,1-2H3/t29-,32+,33-,37-,38+,43-/m0/s1. The van der Waals surface area contributed by atoms with E-state index in [2.05, 4.69) is 0 Å². The van der Waals surface area contributed by atoms with Crippen molar-refractivity contribution in [3.63, 3.8) is 0 Å². The van der Waals surface area contributed by atoms with Crippen molar-refractivity contribution in [3.8, 4) is 11.5 Å². The van der Waals surface area contributed by atoms with E-state index in [0.29, 0.717) is 39.6 Å². The van der Waals surface area contributed by atoms with Gasteiger partial charge in [-0.15, -0.1) is 0 Å². The molecule has 0 unspecified atom stereocenters. The maximum Gasteiger partial charge on any atom is 0.238 e. The van der Waals surface area contributed by atoms with Crippen molar-refractivity contribution >= 4 is 46.2 Å². The average Bonchev–Trinajstić information content (AvgIpc) is 3.40.